The fraction of sp³-hybridized carbons (Fsp3) is 0.417. The van der Waals surface area contributed by atoms with Crippen LogP contribution in [0, 0.1) is 0 Å². The van der Waals surface area contributed by atoms with Gasteiger partial charge in [-0.3, -0.25) is 4.79 Å². The Kier molecular flexibility index (Phi) is 6.00. The molecule has 1 atom stereocenters. The van der Waals surface area contributed by atoms with Gasteiger partial charge in [0, 0.05) is 16.9 Å². The van der Waals surface area contributed by atoms with E-state index in [1.165, 1.54) is 0 Å². The average molecular weight is 301 g/mol. The van der Waals surface area contributed by atoms with Gasteiger partial charge in [0.05, 0.1) is 6.54 Å². The molecule has 1 amide bonds. The quantitative estimate of drug-likeness (QED) is 0.786. The van der Waals surface area contributed by atoms with E-state index in [0.29, 0.717) is 19.6 Å². The molecule has 1 aromatic rings. The van der Waals surface area contributed by atoms with Crippen LogP contribution in [0.1, 0.15) is 13.3 Å². The van der Waals surface area contributed by atoms with E-state index >= 15 is 0 Å². The van der Waals surface area contributed by atoms with Crippen LogP contribution >= 0.6 is 15.9 Å². The number of rotatable bonds is 6. The number of ether oxygens (including phenoxy) is 1. The molecule has 0 fully saturated rings. The minimum Gasteiger partial charge on any atom is -0.492 e. The lowest BCUT2D eigenvalue weighted by molar-refractivity contribution is -0.121. The molecule has 3 N–H and O–H groups in total. The number of hydrogen-bond acceptors (Lipinski definition) is 3. The van der Waals surface area contributed by atoms with Gasteiger partial charge in [-0.05, 0) is 31.2 Å². The van der Waals surface area contributed by atoms with Crippen LogP contribution in [-0.4, -0.2) is 25.1 Å². The molecule has 0 bridgehead atoms. The van der Waals surface area contributed by atoms with Crippen LogP contribution in [-0.2, 0) is 4.79 Å². The molecule has 4 nitrogen and oxygen atoms in total. The first kappa shape index (κ1) is 14.0. The van der Waals surface area contributed by atoms with Gasteiger partial charge in [-0.15, -0.1) is 0 Å². The fourth-order valence-corrected chi connectivity index (χ4v) is 1.52. The number of hydrogen-bond donors (Lipinski definition) is 2. The highest BCUT2D eigenvalue weighted by molar-refractivity contribution is 9.10. The summed E-state index contributed by atoms with van der Waals surface area (Å²) in [6.07, 6.45) is 0.346. The van der Waals surface area contributed by atoms with Crippen LogP contribution in [0.15, 0.2) is 28.7 Å². The smallest absolute Gasteiger partial charge is 0.221 e. The molecule has 0 aliphatic carbocycles. The Bertz CT molecular complexity index is 352. The summed E-state index contributed by atoms with van der Waals surface area (Å²) in [6, 6.07) is 7.44. The third-order valence-corrected chi connectivity index (χ3v) is 2.54. The van der Waals surface area contributed by atoms with Gasteiger partial charge in [-0.1, -0.05) is 15.9 Å². The van der Waals surface area contributed by atoms with Crippen LogP contribution in [0.25, 0.3) is 0 Å². The normalized spacial score (nSPS) is 11.9. The number of nitrogens with one attached hydrogen (secondary N) is 1. The summed E-state index contributed by atoms with van der Waals surface area (Å²) >= 11 is 3.34. The standard InChI is InChI=1S/C12H17BrN2O2/c1-9(14)8-12(16)15-6-7-17-11-4-2-10(13)3-5-11/h2-5,9H,6-8,14H2,1H3,(H,15,16). The van der Waals surface area contributed by atoms with Crippen LogP contribution in [0.5, 0.6) is 5.75 Å². The van der Waals surface area contributed by atoms with Gasteiger partial charge < -0.3 is 15.8 Å². The molecule has 5 heteroatoms. The summed E-state index contributed by atoms with van der Waals surface area (Å²) in [6.45, 7) is 2.74. The molecular formula is C12H17BrN2O2. The molecule has 0 saturated carbocycles. The number of benzene rings is 1. The minimum absolute atomic E-state index is 0.0422. The van der Waals surface area contributed by atoms with Gasteiger partial charge in [-0.2, -0.15) is 0 Å². The van der Waals surface area contributed by atoms with Crippen LogP contribution < -0.4 is 15.8 Å². The molecular weight excluding hydrogens is 284 g/mol. The van der Waals surface area contributed by atoms with Gasteiger partial charge in [-0.25, -0.2) is 0 Å². The van der Waals surface area contributed by atoms with E-state index < -0.39 is 0 Å². The molecule has 0 saturated heterocycles. The Labute approximate surface area is 110 Å². The largest absolute Gasteiger partial charge is 0.492 e. The van der Waals surface area contributed by atoms with Gasteiger partial charge in [0.1, 0.15) is 12.4 Å². The third kappa shape index (κ3) is 6.28. The van der Waals surface area contributed by atoms with Crippen LogP contribution in [0.2, 0.25) is 0 Å². The summed E-state index contributed by atoms with van der Waals surface area (Å²) in [5.74, 6) is 0.744. The van der Waals surface area contributed by atoms with E-state index in [1.807, 2.05) is 24.3 Å². The Morgan fingerprint density at radius 2 is 2.12 bits per heavy atom. The lowest BCUT2D eigenvalue weighted by Gasteiger charge is -2.08. The molecule has 0 aromatic heterocycles. The first-order valence-corrected chi connectivity index (χ1v) is 6.28. The molecule has 0 radical (unpaired) electrons. The Morgan fingerprint density at radius 1 is 1.47 bits per heavy atom. The Morgan fingerprint density at radius 3 is 2.71 bits per heavy atom. The zero-order valence-electron chi connectivity index (χ0n) is 9.78. The maximum atomic E-state index is 11.3. The first-order valence-electron chi connectivity index (χ1n) is 5.48. The topological polar surface area (TPSA) is 64.4 Å². The van der Waals surface area contributed by atoms with Crippen molar-refractivity contribution in [2.24, 2.45) is 5.73 Å². The van der Waals surface area contributed by atoms with Crippen molar-refractivity contribution in [1.29, 1.82) is 0 Å². The summed E-state index contributed by atoms with van der Waals surface area (Å²) in [4.78, 5) is 11.3. The van der Waals surface area contributed by atoms with Crippen molar-refractivity contribution in [1.82, 2.24) is 5.32 Å². The number of nitrogens with two attached hydrogens (primary N) is 1. The monoisotopic (exact) mass is 300 g/mol. The van der Waals surface area contributed by atoms with Crippen molar-refractivity contribution in [3.63, 3.8) is 0 Å². The highest BCUT2D eigenvalue weighted by atomic mass is 79.9. The second-order valence-corrected chi connectivity index (χ2v) is 4.75. The highest BCUT2D eigenvalue weighted by Gasteiger charge is 2.03. The maximum absolute atomic E-state index is 11.3. The summed E-state index contributed by atoms with van der Waals surface area (Å²) in [5.41, 5.74) is 5.51. The zero-order valence-corrected chi connectivity index (χ0v) is 11.4. The molecule has 0 aliphatic rings. The van der Waals surface area contributed by atoms with E-state index in [2.05, 4.69) is 21.2 Å². The molecule has 0 spiro atoms. The van der Waals surface area contributed by atoms with Crippen LogP contribution in [0.3, 0.4) is 0 Å². The predicted octanol–water partition coefficient (Wildman–Crippen LogP) is 1.68. The summed E-state index contributed by atoms with van der Waals surface area (Å²) in [5, 5.41) is 2.74. The van der Waals surface area contributed by atoms with E-state index in [-0.39, 0.29) is 11.9 Å². The van der Waals surface area contributed by atoms with Crippen molar-refractivity contribution in [2.45, 2.75) is 19.4 Å². The number of amides is 1. The number of carbonyl (C=O) groups is 1. The van der Waals surface area contributed by atoms with Gasteiger partial charge in [0.2, 0.25) is 5.91 Å². The van der Waals surface area contributed by atoms with Crippen molar-refractivity contribution in [3.05, 3.63) is 28.7 Å². The summed E-state index contributed by atoms with van der Waals surface area (Å²) < 4.78 is 6.46. The number of carbonyl (C=O) groups excluding carboxylic acids is 1. The van der Waals surface area contributed by atoms with Gasteiger partial charge in [0.25, 0.3) is 0 Å². The molecule has 94 valence electrons. The van der Waals surface area contributed by atoms with Crippen molar-refractivity contribution in [2.75, 3.05) is 13.2 Å². The maximum Gasteiger partial charge on any atom is 0.221 e. The molecule has 1 rings (SSSR count). The molecule has 0 heterocycles. The molecule has 0 aliphatic heterocycles. The Hall–Kier alpha value is -1.07. The number of halogens is 1. The van der Waals surface area contributed by atoms with Crippen molar-refractivity contribution in [3.8, 4) is 5.75 Å². The fourth-order valence-electron chi connectivity index (χ4n) is 1.25. The van der Waals surface area contributed by atoms with Crippen molar-refractivity contribution < 1.29 is 9.53 Å². The SMILES string of the molecule is CC(N)CC(=O)NCCOc1ccc(Br)cc1. The molecule has 1 unspecified atom stereocenters. The van der Waals surface area contributed by atoms with Crippen molar-refractivity contribution >= 4 is 21.8 Å². The second kappa shape index (κ2) is 7.29. The van der Waals surface area contributed by atoms with E-state index in [4.69, 9.17) is 10.5 Å². The first-order chi connectivity index (χ1) is 8.08. The lowest BCUT2D eigenvalue weighted by atomic mass is 10.2. The van der Waals surface area contributed by atoms with E-state index in [9.17, 15) is 4.79 Å². The zero-order chi connectivity index (χ0) is 12.7. The van der Waals surface area contributed by atoms with Gasteiger partial charge in [0.15, 0.2) is 0 Å². The predicted molar refractivity (Wildman–Crippen MR) is 70.9 cm³/mol. The van der Waals surface area contributed by atoms with E-state index in [1.54, 1.807) is 6.92 Å². The lowest BCUT2D eigenvalue weighted by Crippen LogP contribution is -2.32. The third-order valence-electron chi connectivity index (χ3n) is 2.01. The van der Waals surface area contributed by atoms with E-state index in [0.717, 1.165) is 10.2 Å². The highest BCUT2D eigenvalue weighted by Crippen LogP contribution is 2.15. The minimum atomic E-state index is -0.109. The summed E-state index contributed by atoms with van der Waals surface area (Å²) in [7, 11) is 0. The molecule has 17 heavy (non-hydrogen) atoms. The molecule has 1 aromatic carbocycles. The second-order valence-electron chi connectivity index (χ2n) is 3.83. The average Bonchev–Trinajstić information content (AvgIpc) is 2.26. The Balaban J connectivity index is 2.16. The van der Waals surface area contributed by atoms with Gasteiger partial charge >= 0.3 is 0 Å². The van der Waals surface area contributed by atoms with Crippen LogP contribution in [0.4, 0.5) is 0 Å².